The number of hydrogen-bond acceptors (Lipinski definition) is 11. The largest absolute Gasteiger partial charge is 0.506 e. The molecule has 0 spiro atoms. The van der Waals surface area contributed by atoms with Crippen LogP contribution in [0, 0.1) is 0 Å². The van der Waals surface area contributed by atoms with Crippen molar-refractivity contribution in [1.82, 2.24) is 0 Å². The van der Waals surface area contributed by atoms with E-state index in [0.717, 1.165) is 0 Å². The molecule has 5 atom stereocenters. The summed E-state index contributed by atoms with van der Waals surface area (Å²) in [6.45, 7) is 0. The summed E-state index contributed by atoms with van der Waals surface area (Å²) in [5, 5.41) is 0. The average Bonchev–Trinajstić information content (AvgIpc) is 3.10. The molecule has 0 aliphatic heterocycles. The van der Waals surface area contributed by atoms with Gasteiger partial charge in [0.1, 0.15) is 0 Å². The van der Waals surface area contributed by atoms with Crippen LogP contribution in [0.5, 0.6) is 0 Å². The van der Waals surface area contributed by atoms with E-state index in [1.807, 2.05) is 0 Å². The zero-order chi connectivity index (χ0) is 47.3. The molecule has 0 N–H and O–H groups in total. The molecule has 5 unspecified atom stereocenters. The Morgan fingerprint density at radius 3 is 0.898 bits per heavy atom. The highest BCUT2D eigenvalue weighted by molar-refractivity contribution is 6.65. The highest BCUT2D eigenvalue weighted by atomic mass is 28.4. The van der Waals surface area contributed by atoms with Gasteiger partial charge < -0.3 is 49.3 Å². The predicted molar refractivity (Wildman–Crippen MR) is 159 cm³/mol. The average molecular weight is 979 g/mol. The molecule has 59 heavy (non-hydrogen) atoms. The number of hydrogen-bond donors (Lipinski definition) is 0. The molecule has 0 aromatic rings. The lowest BCUT2D eigenvalue weighted by Gasteiger charge is -2.44. The van der Waals surface area contributed by atoms with Crippen molar-refractivity contribution in [2.45, 2.75) is 96.9 Å². The Balaban J connectivity index is 8.33. The molecule has 0 aromatic carbocycles. The molecule has 0 rings (SSSR count). The maximum Gasteiger partial charge on any atom is 0.506 e. The molecule has 0 radical (unpaired) electrons. The fraction of sp³-hybridized carbons (Fsp3) is 1.00. The summed E-state index contributed by atoms with van der Waals surface area (Å²) in [4.78, 5) is 0. The van der Waals surface area contributed by atoms with Crippen molar-refractivity contribution in [2.75, 3.05) is 64.0 Å². The quantitative estimate of drug-likeness (QED) is 0.0652. The fourth-order valence-corrected chi connectivity index (χ4v) is 14.0. The molecule has 0 aliphatic carbocycles. The SMILES string of the molecule is CO[Si](OC)(OC)C(CC(OC(F)(F)C(F)(F)C(F)(F)F)C(F)(F)F)CC(CC(C(OC(F)(F)C(F)(F)C(F)(F)F)C(F)(F)F)[Si](OC)(OC)OC)[Si](OC)(OC)OC. The summed E-state index contributed by atoms with van der Waals surface area (Å²) < 4.78 is 330. The lowest BCUT2D eigenvalue weighted by molar-refractivity contribution is -0.446. The Labute approximate surface area is 324 Å². The van der Waals surface area contributed by atoms with E-state index in [1.54, 1.807) is 0 Å². The van der Waals surface area contributed by atoms with E-state index in [4.69, 9.17) is 39.8 Å². The third-order valence-electron chi connectivity index (χ3n) is 8.68. The molecule has 0 amide bonds. The van der Waals surface area contributed by atoms with Gasteiger partial charge in [-0.25, -0.2) is 0 Å². The lowest BCUT2D eigenvalue weighted by Crippen LogP contribution is -2.61. The smallest absolute Gasteiger partial charge is 0.377 e. The number of alkyl halides is 20. The number of rotatable bonds is 25. The lowest BCUT2D eigenvalue weighted by atomic mass is 10.0. The monoisotopic (exact) mass is 978 g/mol. The highest BCUT2D eigenvalue weighted by Gasteiger charge is 2.78. The Morgan fingerprint density at radius 1 is 0.356 bits per heavy atom. The highest BCUT2D eigenvalue weighted by Crippen LogP contribution is 2.55. The first-order valence-corrected chi connectivity index (χ1v) is 20.8. The molecule has 0 fully saturated rings. The molecule has 0 aliphatic rings. The van der Waals surface area contributed by atoms with E-state index in [9.17, 15) is 87.8 Å². The minimum absolute atomic E-state index is 0.453. The van der Waals surface area contributed by atoms with Gasteiger partial charge in [-0.2, -0.15) is 87.8 Å². The van der Waals surface area contributed by atoms with Crippen molar-refractivity contribution < 1.29 is 137 Å². The molecule has 0 saturated carbocycles. The molecule has 34 heteroatoms. The summed E-state index contributed by atoms with van der Waals surface area (Å²) in [6, 6.07) is 0. The van der Waals surface area contributed by atoms with Crippen molar-refractivity contribution in [1.29, 1.82) is 0 Å². The van der Waals surface area contributed by atoms with Gasteiger partial charge in [0.2, 0.25) is 0 Å². The zero-order valence-electron chi connectivity index (χ0n) is 31.6. The minimum Gasteiger partial charge on any atom is -0.377 e. The summed E-state index contributed by atoms with van der Waals surface area (Å²) in [5.41, 5.74) is -8.23. The van der Waals surface area contributed by atoms with Crippen LogP contribution in [-0.2, 0) is 49.3 Å². The summed E-state index contributed by atoms with van der Waals surface area (Å²) in [5.74, 6) is -14.7. The minimum atomic E-state index is -7.38. The molecule has 11 nitrogen and oxygen atoms in total. The third kappa shape index (κ3) is 12.3. The van der Waals surface area contributed by atoms with E-state index < -0.39 is 123 Å². The standard InChI is InChI=1S/C25H38F20O11Si3/c1-46-57(47-2,48-3)13(11-15(59(52-7,53-8)54-9)17(19(29,30)31)56-25(44,45)21(34,35)23(39,40)41)10-14(58(49-4,50-5)51-6)12-16(18(26,27)28)55-24(42,43)20(32,33)22(36,37)38/h13-17H,10-12H2,1-9H3. The van der Waals surface area contributed by atoms with Gasteiger partial charge in [0.15, 0.2) is 12.2 Å². The Bertz CT molecular complexity index is 1250. The van der Waals surface area contributed by atoms with Crippen LogP contribution in [0.1, 0.15) is 19.3 Å². The van der Waals surface area contributed by atoms with Gasteiger partial charge in [-0.1, -0.05) is 0 Å². The second kappa shape index (κ2) is 20.1. The first-order chi connectivity index (χ1) is 26.3. The van der Waals surface area contributed by atoms with Gasteiger partial charge in [0.25, 0.3) is 0 Å². The molecule has 0 bridgehead atoms. The third-order valence-corrected chi connectivity index (χ3v) is 18.2. The van der Waals surface area contributed by atoms with Crippen LogP contribution in [0.2, 0.25) is 16.6 Å². The maximum absolute atomic E-state index is 14.8. The van der Waals surface area contributed by atoms with Crippen molar-refractivity contribution in [3.8, 4) is 0 Å². The topological polar surface area (TPSA) is 102 Å². The summed E-state index contributed by atoms with van der Waals surface area (Å²) in [6.07, 6.45) is -56.2. The van der Waals surface area contributed by atoms with Crippen LogP contribution >= 0.6 is 0 Å². The maximum atomic E-state index is 14.8. The summed E-state index contributed by atoms with van der Waals surface area (Å²) in [7, 11) is -10.8. The van der Waals surface area contributed by atoms with E-state index >= 15 is 0 Å². The van der Waals surface area contributed by atoms with Gasteiger partial charge in [0.05, 0.1) is 5.54 Å². The molecular weight excluding hydrogens is 940 g/mol. The zero-order valence-corrected chi connectivity index (χ0v) is 34.6. The van der Waals surface area contributed by atoms with Crippen LogP contribution in [0.15, 0.2) is 0 Å². The van der Waals surface area contributed by atoms with Crippen molar-refractivity contribution >= 4 is 26.4 Å². The van der Waals surface area contributed by atoms with Crippen LogP contribution < -0.4 is 0 Å². The van der Waals surface area contributed by atoms with Crippen LogP contribution in [-0.4, -0.2) is 151 Å². The first kappa shape index (κ1) is 57.8. The molecule has 0 heterocycles. The van der Waals surface area contributed by atoms with Gasteiger partial charge in [0, 0.05) is 75.1 Å². The first-order valence-electron chi connectivity index (χ1n) is 15.4. The Morgan fingerprint density at radius 2 is 0.644 bits per heavy atom. The number of halogens is 20. The molecule has 356 valence electrons. The van der Waals surface area contributed by atoms with E-state index in [1.165, 1.54) is 0 Å². The predicted octanol–water partition coefficient (Wildman–Crippen LogP) is 8.38. The molecule has 0 saturated heterocycles. The molecular formula is C25H38F20O11Si3. The van der Waals surface area contributed by atoms with E-state index in [-0.39, 0.29) is 0 Å². The van der Waals surface area contributed by atoms with Crippen LogP contribution in [0.3, 0.4) is 0 Å². The second-order valence-electron chi connectivity index (χ2n) is 11.8. The Kier molecular flexibility index (Phi) is 19.7. The second-order valence-corrected chi connectivity index (χ2v) is 21.4. The van der Waals surface area contributed by atoms with Gasteiger partial charge in [-0.15, -0.1) is 0 Å². The van der Waals surface area contributed by atoms with Crippen LogP contribution in [0.25, 0.3) is 0 Å². The van der Waals surface area contributed by atoms with Crippen molar-refractivity contribution in [3.05, 3.63) is 0 Å². The van der Waals surface area contributed by atoms with E-state index in [0.29, 0.717) is 64.0 Å². The van der Waals surface area contributed by atoms with E-state index in [2.05, 4.69) is 9.47 Å². The van der Waals surface area contributed by atoms with Gasteiger partial charge in [-0.05, 0) is 19.3 Å². The van der Waals surface area contributed by atoms with Crippen molar-refractivity contribution in [2.24, 2.45) is 0 Å². The van der Waals surface area contributed by atoms with Crippen molar-refractivity contribution in [3.63, 3.8) is 0 Å². The summed E-state index contributed by atoms with van der Waals surface area (Å²) >= 11 is 0. The van der Waals surface area contributed by atoms with Gasteiger partial charge >= 0.3 is 75.2 Å². The van der Waals surface area contributed by atoms with Crippen LogP contribution in [0.4, 0.5) is 87.8 Å². The number of ether oxygens (including phenoxy) is 2. The normalized spacial score (nSPS) is 17.8. The van der Waals surface area contributed by atoms with Gasteiger partial charge in [-0.3, -0.25) is 0 Å². The molecule has 0 aromatic heterocycles. The fourth-order valence-electron chi connectivity index (χ4n) is 5.78. The Hall–Kier alpha value is -1.19.